The molecule has 2 aromatic rings. The van der Waals surface area contributed by atoms with Crippen molar-refractivity contribution in [3.63, 3.8) is 0 Å². The summed E-state index contributed by atoms with van der Waals surface area (Å²) in [5, 5.41) is 12.0. The number of hydrogen-bond acceptors (Lipinski definition) is 3. The van der Waals surface area contributed by atoms with Crippen molar-refractivity contribution in [1.29, 1.82) is 5.26 Å². The van der Waals surface area contributed by atoms with Crippen LogP contribution in [0.2, 0.25) is 0 Å². The minimum Gasteiger partial charge on any atom is -0.492 e. The molecule has 4 heteroatoms. The van der Waals surface area contributed by atoms with Crippen LogP contribution >= 0.6 is 0 Å². The third-order valence-electron chi connectivity index (χ3n) is 2.82. The highest BCUT2D eigenvalue weighted by molar-refractivity contribution is 5.56. The predicted molar refractivity (Wildman–Crippen MR) is 76.1 cm³/mol. The Bertz CT molecular complexity index is 635. The highest BCUT2D eigenvalue weighted by Gasteiger charge is 2.05. The summed E-state index contributed by atoms with van der Waals surface area (Å²) in [4.78, 5) is 0. The Kier molecular flexibility index (Phi) is 4.56. The zero-order chi connectivity index (χ0) is 14.4. The predicted octanol–water partition coefficient (Wildman–Crippen LogP) is 3.71. The number of nitrogens with one attached hydrogen (secondary N) is 1. The van der Waals surface area contributed by atoms with Crippen LogP contribution in [0.5, 0.6) is 5.75 Å². The molecule has 0 amide bonds. The Morgan fingerprint density at radius 3 is 2.80 bits per heavy atom. The fourth-order valence-electron chi connectivity index (χ4n) is 1.86. The van der Waals surface area contributed by atoms with Gasteiger partial charge in [-0.2, -0.15) is 5.26 Å². The van der Waals surface area contributed by atoms with Gasteiger partial charge in [-0.05, 0) is 36.8 Å². The average Bonchev–Trinajstić information content (AvgIpc) is 2.48. The number of benzene rings is 2. The average molecular weight is 270 g/mol. The Labute approximate surface area is 117 Å². The van der Waals surface area contributed by atoms with Crippen LogP contribution in [-0.4, -0.2) is 6.61 Å². The minimum atomic E-state index is -0.494. The molecular weight excluding hydrogens is 255 g/mol. The SMILES string of the molecule is CCOc1ccccc1NCc1ccc(F)c(C#N)c1. The molecule has 0 aromatic heterocycles. The van der Waals surface area contributed by atoms with Crippen molar-refractivity contribution in [1.82, 2.24) is 0 Å². The molecule has 0 saturated carbocycles. The van der Waals surface area contributed by atoms with Crippen molar-refractivity contribution in [2.45, 2.75) is 13.5 Å². The molecular formula is C16H15FN2O. The standard InChI is InChI=1S/C16H15FN2O/c1-2-20-16-6-4-3-5-15(16)19-11-12-7-8-14(17)13(9-12)10-18/h3-9,19H,2,11H2,1H3. The van der Waals surface area contributed by atoms with Gasteiger partial charge in [-0.15, -0.1) is 0 Å². The van der Waals surface area contributed by atoms with Crippen molar-refractivity contribution in [3.05, 3.63) is 59.4 Å². The molecule has 0 fully saturated rings. The summed E-state index contributed by atoms with van der Waals surface area (Å²) < 4.78 is 18.7. The number of nitriles is 1. The van der Waals surface area contributed by atoms with Gasteiger partial charge >= 0.3 is 0 Å². The van der Waals surface area contributed by atoms with E-state index in [4.69, 9.17) is 10.00 Å². The molecule has 0 unspecified atom stereocenters. The van der Waals surface area contributed by atoms with Crippen LogP contribution in [0, 0.1) is 17.1 Å². The van der Waals surface area contributed by atoms with E-state index in [1.807, 2.05) is 37.3 Å². The molecule has 0 aliphatic rings. The molecule has 0 atom stereocenters. The van der Waals surface area contributed by atoms with Crippen molar-refractivity contribution in [3.8, 4) is 11.8 Å². The number of ether oxygens (including phenoxy) is 1. The van der Waals surface area contributed by atoms with Crippen LogP contribution in [-0.2, 0) is 6.54 Å². The van der Waals surface area contributed by atoms with Gasteiger partial charge in [0, 0.05) is 6.54 Å². The first-order valence-electron chi connectivity index (χ1n) is 6.38. The molecule has 0 saturated heterocycles. The Hall–Kier alpha value is -2.54. The zero-order valence-electron chi connectivity index (χ0n) is 11.2. The van der Waals surface area contributed by atoms with Gasteiger partial charge in [0.25, 0.3) is 0 Å². The molecule has 0 aliphatic carbocycles. The van der Waals surface area contributed by atoms with Gasteiger partial charge in [-0.3, -0.25) is 0 Å². The molecule has 3 nitrogen and oxygen atoms in total. The third kappa shape index (κ3) is 3.27. The van der Waals surface area contributed by atoms with Gasteiger partial charge in [0.15, 0.2) is 0 Å². The Morgan fingerprint density at radius 2 is 2.05 bits per heavy atom. The largest absolute Gasteiger partial charge is 0.492 e. The first-order valence-corrected chi connectivity index (χ1v) is 6.38. The zero-order valence-corrected chi connectivity index (χ0v) is 11.2. The second-order valence-electron chi connectivity index (χ2n) is 4.21. The quantitative estimate of drug-likeness (QED) is 0.900. The summed E-state index contributed by atoms with van der Waals surface area (Å²) in [7, 11) is 0. The van der Waals surface area contributed by atoms with E-state index >= 15 is 0 Å². The molecule has 102 valence electrons. The highest BCUT2D eigenvalue weighted by atomic mass is 19.1. The number of halogens is 1. The number of nitrogens with zero attached hydrogens (tertiary/aromatic N) is 1. The lowest BCUT2D eigenvalue weighted by atomic mass is 10.1. The highest BCUT2D eigenvalue weighted by Crippen LogP contribution is 2.24. The first kappa shape index (κ1) is 13.9. The lowest BCUT2D eigenvalue weighted by Gasteiger charge is -2.12. The summed E-state index contributed by atoms with van der Waals surface area (Å²) in [5.74, 6) is 0.281. The van der Waals surface area contributed by atoms with E-state index < -0.39 is 5.82 Å². The van der Waals surface area contributed by atoms with E-state index in [-0.39, 0.29) is 5.56 Å². The Balaban J connectivity index is 2.11. The van der Waals surface area contributed by atoms with Crippen molar-refractivity contribution in [2.75, 3.05) is 11.9 Å². The number of hydrogen-bond donors (Lipinski definition) is 1. The van der Waals surface area contributed by atoms with Gasteiger partial charge in [0.1, 0.15) is 17.6 Å². The van der Waals surface area contributed by atoms with Gasteiger partial charge in [-0.1, -0.05) is 18.2 Å². The summed E-state index contributed by atoms with van der Waals surface area (Å²) in [6.07, 6.45) is 0. The van der Waals surface area contributed by atoms with Crippen LogP contribution in [0.25, 0.3) is 0 Å². The maximum absolute atomic E-state index is 13.2. The van der Waals surface area contributed by atoms with Crippen LogP contribution in [0.4, 0.5) is 10.1 Å². The lowest BCUT2D eigenvalue weighted by Crippen LogP contribution is -2.03. The second kappa shape index (κ2) is 6.58. The number of rotatable bonds is 5. The molecule has 1 N–H and O–H groups in total. The molecule has 0 heterocycles. The van der Waals surface area contributed by atoms with Crippen molar-refractivity contribution < 1.29 is 9.13 Å². The minimum absolute atomic E-state index is 0.0578. The monoisotopic (exact) mass is 270 g/mol. The van der Waals surface area contributed by atoms with Crippen LogP contribution < -0.4 is 10.1 Å². The third-order valence-corrected chi connectivity index (χ3v) is 2.82. The molecule has 0 spiro atoms. The first-order chi connectivity index (χ1) is 9.74. The van der Waals surface area contributed by atoms with E-state index in [2.05, 4.69) is 5.32 Å². The van der Waals surface area contributed by atoms with Crippen molar-refractivity contribution >= 4 is 5.69 Å². The fraction of sp³-hybridized carbons (Fsp3) is 0.188. The molecule has 2 rings (SSSR count). The maximum Gasteiger partial charge on any atom is 0.142 e. The van der Waals surface area contributed by atoms with E-state index in [0.717, 1.165) is 17.0 Å². The molecule has 2 aromatic carbocycles. The molecule has 0 bridgehead atoms. The summed E-state index contributed by atoms with van der Waals surface area (Å²) in [6.45, 7) is 3.02. The van der Waals surface area contributed by atoms with E-state index in [1.165, 1.54) is 6.07 Å². The number of anilines is 1. The molecule has 20 heavy (non-hydrogen) atoms. The fourth-order valence-corrected chi connectivity index (χ4v) is 1.86. The maximum atomic E-state index is 13.2. The van der Waals surface area contributed by atoms with Crippen LogP contribution in [0.3, 0.4) is 0 Å². The van der Waals surface area contributed by atoms with E-state index in [1.54, 1.807) is 12.1 Å². The van der Waals surface area contributed by atoms with Crippen LogP contribution in [0.1, 0.15) is 18.1 Å². The van der Waals surface area contributed by atoms with E-state index in [9.17, 15) is 4.39 Å². The topological polar surface area (TPSA) is 45.0 Å². The van der Waals surface area contributed by atoms with Crippen LogP contribution in [0.15, 0.2) is 42.5 Å². The summed E-state index contributed by atoms with van der Waals surface area (Å²) in [5.41, 5.74) is 1.77. The van der Waals surface area contributed by atoms with Gasteiger partial charge in [-0.25, -0.2) is 4.39 Å². The normalized spacial score (nSPS) is 9.85. The molecule has 0 aliphatic heterocycles. The van der Waals surface area contributed by atoms with Gasteiger partial charge in [0.05, 0.1) is 17.9 Å². The summed E-state index contributed by atoms with van der Waals surface area (Å²) >= 11 is 0. The Morgan fingerprint density at radius 1 is 1.25 bits per heavy atom. The number of para-hydroxylation sites is 2. The lowest BCUT2D eigenvalue weighted by molar-refractivity contribution is 0.341. The molecule has 0 radical (unpaired) electrons. The van der Waals surface area contributed by atoms with Crippen molar-refractivity contribution in [2.24, 2.45) is 0 Å². The smallest absolute Gasteiger partial charge is 0.142 e. The van der Waals surface area contributed by atoms with Gasteiger partial charge in [0.2, 0.25) is 0 Å². The van der Waals surface area contributed by atoms with Gasteiger partial charge < -0.3 is 10.1 Å². The second-order valence-corrected chi connectivity index (χ2v) is 4.21. The summed E-state index contributed by atoms with van der Waals surface area (Å²) in [6, 6.07) is 14.0. The van der Waals surface area contributed by atoms with E-state index in [0.29, 0.717) is 13.2 Å².